The monoisotopic (exact) mass is 473 g/mol. The van der Waals surface area contributed by atoms with E-state index in [0.29, 0.717) is 13.0 Å². The zero-order valence-corrected chi connectivity index (χ0v) is 19.3. The van der Waals surface area contributed by atoms with Crippen LogP contribution in [-0.4, -0.2) is 22.0 Å². The molecule has 1 atom stereocenters. The van der Waals surface area contributed by atoms with Gasteiger partial charge in [0, 0.05) is 35.6 Å². The zero-order valence-electron chi connectivity index (χ0n) is 17.7. The van der Waals surface area contributed by atoms with Gasteiger partial charge in [0.05, 0.1) is 11.0 Å². The van der Waals surface area contributed by atoms with Crippen LogP contribution in [0.4, 0.5) is 5.69 Å². The molecular formula is C26H24BrN3O. The van der Waals surface area contributed by atoms with Crippen LogP contribution in [0.25, 0.3) is 11.0 Å². The molecule has 1 amide bonds. The summed E-state index contributed by atoms with van der Waals surface area (Å²) >= 11 is 3.58. The summed E-state index contributed by atoms with van der Waals surface area (Å²) in [5.41, 5.74) is 6.67. The first-order valence-electron chi connectivity index (χ1n) is 10.6. The first-order valence-corrected chi connectivity index (χ1v) is 11.4. The number of hydrogen-bond acceptors (Lipinski definition) is 2. The van der Waals surface area contributed by atoms with Crippen LogP contribution >= 0.6 is 15.9 Å². The molecule has 0 N–H and O–H groups in total. The Balaban J connectivity index is 1.54. The molecular weight excluding hydrogens is 450 g/mol. The highest BCUT2D eigenvalue weighted by Gasteiger charge is 2.35. The zero-order chi connectivity index (χ0) is 21.5. The fourth-order valence-electron chi connectivity index (χ4n) is 4.53. The Bertz CT molecular complexity index is 1290. The predicted octanol–water partition coefficient (Wildman–Crippen LogP) is 5.98. The standard InChI is InChI=1S/C26H24BrN3O/c1-17-7-5-12-23(18(17)2)29-16-20(14-25(29)31)26-28-22-10-3-4-11-24(22)30(26)15-19-8-6-9-21(27)13-19/h3-13,20H,14-16H2,1-2H3. The Morgan fingerprint density at radius 3 is 2.68 bits per heavy atom. The largest absolute Gasteiger partial charge is 0.323 e. The molecule has 0 saturated carbocycles. The van der Waals surface area contributed by atoms with Crippen molar-refractivity contribution in [1.29, 1.82) is 0 Å². The molecule has 1 saturated heterocycles. The van der Waals surface area contributed by atoms with E-state index in [2.05, 4.69) is 70.7 Å². The van der Waals surface area contributed by atoms with Gasteiger partial charge in [-0.2, -0.15) is 0 Å². The number of fused-ring (bicyclic) bond motifs is 1. The average Bonchev–Trinajstić information content (AvgIpc) is 3.31. The summed E-state index contributed by atoms with van der Waals surface area (Å²) in [5, 5.41) is 0. The van der Waals surface area contributed by atoms with Gasteiger partial charge in [-0.1, -0.05) is 52.3 Å². The average molecular weight is 474 g/mol. The number of amides is 1. The molecule has 3 aromatic carbocycles. The van der Waals surface area contributed by atoms with Crippen molar-refractivity contribution in [3.8, 4) is 0 Å². The van der Waals surface area contributed by atoms with Crippen LogP contribution in [0.2, 0.25) is 0 Å². The molecule has 1 aliphatic heterocycles. The highest BCUT2D eigenvalue weighted by molar-refractivity contribution is 9.10. The van der Waals surface area contributed by atoms with Crippen LogP contribution in [0.5, 0.6) is 0 Å². The molecule has 0 aliphatic carbocycles. The van der Waals surface area contributed by atoms with Crippen LogP contribution in [0, 0.1) is 13.8 Å². The molecule has 5 heteroatoms. The van der Waals surface area contributed by atoms with Gasteiger partial charge in [0.15, 0.2) is 0 Å². The first-order chi connectivity index (χ1) is 15.0. The molecule has 4 nitrogen and oxygen atoms in total. The van der Waals surface area contributed by atoms with E-state index >= 15 is 0 Å². The lowest BCUT2D eigenvalue weighted by Gasteiger charge is -2.20. The summed E-state index contributed by atoms with van der Waals surface area (Å²) < 4.78 is 3.34. The lowest BCUT2D eigenvalue weighted by Crippen LogP contribution is -2.25. The second-order valence-corrected chi connectivity index (χ2v) is 9.21. The molecule has 1 fully saturated rings. The number of aromatic nitrogens is 2. The van der Waals surface area contributed by atoms with Crippen molar-refractivity contribution >= 4 is 38.6 Å². The van der Waals surface area contributed by atoms with Crippen molar-refractivity contribution < 1.29 is 4.79 Å². The maximum absolute atomic E-state index is 13.0. The van der Waals surface area contributed by atoms with Gasteiger partial charge >= 0.3 is 0 Å². The molecule has 0 bridgehead atoms. The Kier molecular flexibility index (Phi) is 5.14. The maximum atomic E-state index is 13.0. The number of benzene rings is 3. The van der Waals surface area contributed by atoms with Gasteiger partial charge in [0.1, 0.15) is 5.82 Å². The Hall–Kier alpha value is -2.92. The van der Waals surface area contributed by atoms with Gasteiger partial charge in [-0.15, -0.1) is 0 Å². The molecule has 5 rings (SSSR count). The van der Waals surface area contributed by atoms with E-state index in [1.807, 2.05) is 35.2 Å². The van der Waals surface area contributed by atoms with Crippen molar-refractivity contribution in [2.24, 2.45) is 0 Å². The SMILES string of the molecule is Cc1cccc(N2CC(c3nc4ccccc4n3Cc3cccc(Br)c3)CC2=O)c1C. The number of halogens is 1. The van der Waals surface area contributed by atoms with E-state index in [0.717, 1.165) is 33.6 Å². The third-order valence-electron chi connectivity index (χ3n) is 6.27. The molecule has 1 aliphatic rings. The summed E-state index contributed by atoms with van der Waals surface area (Å²) in [6.07, 6.45) is 0.481. The number of para-hydroxylation sites is 2. The van der Waals surface area contributed by atoms with E-state index < -0.39 is 0 Å². The van der Waals surface area contributed by atoms with E-state index in [1.165, 1.54) is 16.7 Å². The van der Waals surface area contributed by atoms with Crippen molar-refractivity contribution in [1.82, 2.24) is 9.55 Å². The molecule has 0 radical (unpaired) electrons. The molecule has 156 valence electrons. The smallest absolute Gasteiger partial charge is 0.227 e. The van der Waals surface area contributed by atoms with Crippen LogP contribution in [0.3, 0.4) is 0 Å². The van der Waals surface area contributed by atoms with Crippen LogP contribution in [0.15, 0.2) is 71.2 Å². The minimum atomic E-state index is 0.0620. The van der Waals surface area contributed by atoms with E-state index in [9.17, 15) is 4.79 Å². The van der Waals surface area contributed by atoms with Crippen molar-refractivity contribution in [3.63, 3.8) is 0 Å². The minimum absolute atomic E-state index is 0.0620. The van der Waals surface area contributed by atoms with Crippen molar-refractivity contribution in [2.75, 3.05) is 11.4 Å². The van der Waals surface area contributed by atoms with Crippen LogP contribution in [-0.2, 0) is 11.3 Å². The summed E-state index contributed by atoms with van der Waals surface area (Å²) in [6, 6.07) is 22.8. The second kappa shape index (κ2) is 7.97. The summed E-state index contributed by atoms with van der Waals surface area (Å²) in [6.45, 7) is 5.57. The van der Waals surface area contributed by atoms with Gasteiger partial charge in [-0.25, -0.2) is 4.98 Å². The predicted molar refractivity (Wildman–Crippen MR) is 129 cm³/mol. The Morgan fingerprint density at radius 2 is 1.84 bits per heavy atom. The maximum Gasteiger partial charge on any atom is 0.227 e. The van der Waals surface area contributed by atoms with E-state index in [4.69, 9.17) is 4.98 Å². The highest BCUT2D eigenvalue weighted by atomic mass is 79.9. The molecule has 1 unspecified atom stereocenters. The number of rotatable bonds is 4. The van der Waals surface area contributed by atoms with Gasteiger partial charge in [-0.05, 0) is 60.9 Å². The lowest BCUT2D eigenvalue weighted by atomic mass is 10.1. The van der Waals surface area contributed by atoms with Crippen LogP contribution < -0.4 is 4.90 Å². The fourth-order valence-corrected chi connectivity index (χ4v) is 4.98. The number of hydrogen-bond donors (Lipinski definition) is 0. The summed E-state index contributed by atoms with van der Waals surface area (Å²) in [7, 11) is 0. The third kappa shape index (κ3) is 3.68. The van der Waals surface area contributed by atoms with Crippen LogP contribution in [0.1, 0.15) is 34.9 Å². The van der Waals surface area contributed by atoms with Gasteiger partial charge in [0.25, 0.3) is 0 Å². The van der Waals surface area contributed by atoms with E-state index in [-0.39, 0.29) is 11.8 Å². The number of anilines is 1. The third-order valence-corrected chi connectivity index (χ3v) is 6.76. The first kappa shape index (κ1) is 20.0. The molecule has 31 heavy (non-hydrogen) atoms. The van der Waals surface area contributed by atoms with Gasteiger partial charge < -0.3 is 9.47 Å². The number of imidazole rings is 1. The number of carbonyl (C=O) groups excluding carboxylic acids is 1. The van der Waals surface area contributed by atoms with E-state index in [1.54, 1.807) is 0 Å². The molecule has 4 aromatic rings. The Morgan fingerprint density at radius 1 is 1.03 bits per heavy atom. The number of aryl methyl sites for hydroxylation is 1. The van der Waals surface area contributed by atoms with Gasteiger partial charge in [0.2, 0.25) is 5.91 Å². The van der Waals surface area contributed by atoms with Gasteiger partial charge in [-0.3, -0.25) is 4.79 Å². The summed E-state index contributed by atoms with van der Waals surface area (Å²) in [5.74, 6) is 1.22. The minimum Gasteiger partial charge on any atom is -0.323 e. The molecule has 0 spiro atoms. The topological polar surface area (TPSA) is 38.1 Å². The van der Waals surface area contributed by atoms with Crippen molar-refractivity contribution in [2.45, 2.75) is 32.7 Å². The lowest BCUT2D eigenvalue weighted by molar-refractivity contribution is -0.117. The quantitative estimate of drug-likeness (QED) is 0.365. The normalized spacial score (nSPS) is 16.4. The highest BCUT2D eigenvalue weighted by Crippen LogP contribution is 2.35. The Labute approximate surface area is 190 Å². The second-order valence-electron chi connectivity index (χ2n) is 8.30. The number of carbonyl (C=O) groups is 1. The van der Waals surface area contributed by atoms with Crippen molar-refractivity contribution in [3.05, 3.63) is 93.7 Å². The molecule has 1 aromatic heterocycles. The fraction of sp³-hybridized carbons (Fsp3) is 0.231. The summed E-state index contributed by atoms with van der Waals surface area (Å²) in [4.78, 5) is 20.0. The molecule has 2 heterocycles. The number of nitrogens with zero attached hydrogens (tertiary/aromatic N) is 3.